The number of aryl methyl sites for hydroxylation is 1. The minimum Gasteiger partial charge on any atom is -0.508 e. The lowest BCUT2D eigenvalue weighted by Crippen LogP contribution is -1.90. The fraction of sp³-hybridized carbons (Fsp3) is 0.350. The molecule has 2 aromatic rings. The van der Waals surface area contributed by atoms with Gasteiger partial charge in [-0.3, -0.25) is 10.1 Å². The van der Waals surface area contributed by atoms with Crippen LogP contribution in [-0.2, 0) is 6.42 Å². The Morgan fingerprint density at radius 1 is 1.11 bits per heavy atom. The van der Waals surface area contributed by atoms with Gasteiger partial charge in [0.15, 0.2) is 0 Å². The predicted octanol–water partition coefficient (Wildman–Crippen LogP) is 4.85. The molecule has 7 heteroatoms. The number of hydrogen-bond donors (Lipinski definition) is 4. The summed E-state index contributed by atoms with van der Waals surface area (Å²) in [6, 6.07) is 9.26. The number of aromatic hydroxyl groups is 2. The maximum atomic E-state index is 10.2. The second-order valence-electron chi connectivity index (χ2n) is 6.05. The number of nitro benzene ring substituents is 1. The molecule has 0 aliphatic rings. The normalized spacial score (nSPS) is 9.85. The predicted molar refractivity (Wildman–Crippen MR) is 108 cm³/mol. The molecule has 0 aliphatic carbocycles. The average Bonchev–Trinajstić information content (AvgIpc) is 2.67. The van der Waals surface area contributed by atoms with Crippen molar-refractivity contribution >= 4 is 17.6 Å². The molecule has 0 fully saturated rings. The van der Waals surface area contributed by atoms with Crippen LogP contribution in [0.25, 0.3) is 0 Å². The van der Waals surface area contributed by atoms with Crippen LogP contribution < -0.4 is 5.32 Å². The summed E-state index contributed by atoms with van der Waals surface area (Å²) < 4.78 is 0. The van der Waals surface area contributed by atoms with Crippen LogP contribution in [0.15, 0.2) is 36.4 Å². The Morgan fingerprint density at radius 3 is 2.30 bits per heavy atom. The molecule has 4 N–H and O–H groups in total. The van der Waals surface area contributed by atoms with Crippen LogP contribution in [0.4, 0.5) is 11.4 Å². The quantitative estimate of drug-likeness (QED) is 0.228. The Hall–Kier alpha value is -3.09. The maximum Gasteiger partial charge on any atom is 0.269 e. The Morgan fingerprint density at radius 2 is 1.78 bits per heavy atom. The maximum absolute atomic E-state index is 10.2. The molecule has 0 unspecified atom stereocenters. The standard InChI is InChI=1S/C13H19NO2.C7H8N2O2/c1-2-3-4-5-6-10-7-11(9-14)13(16)8-12(10)15;1-8-6-2-4-7(5-3-6)9(10)11/h7-9,14-16H,2-6H2,1H3;2-5,8H,1H3. The van der Waals surface area contributed by atoms with Crippen molar-refractivity contribution in [2.75, 3.05) is 12.4 Å². The van der Waals surface area contributed by atoms with Gasteiger partial charge in [0.1, 0.15) is 11.5 Å². The number of nitrogens with zero attached hydrogens (tertiary/aromatic N) is 1. The SMILES string of the molecule is CCCCCCc1cc(C=N)c(O)cc1O.CNc1ccc([N+](=O)[O-])cc1. The highest BCUT2D eigenvalue weighted by Crippen LogP contribution is 2.27. The molecule has 0 atom stereocenters. The second kappa shape index (κ2) is 11.5. The molecule has 0 saturated carbocycles. The van der Waals surface area contributed by atoms with E-state index in [1.54, 1.807) is 25.2 Å². The summed E-state index contributed by atoms with van der Waals surface area (Å²) in [6.07, 6.45) is 6.47. The molecule has 0 aliphatic heterocycles. The second-order valence-corrected chi connectivity index (χ2v) is 6.05. The van der Waals surface area contributed by atoms with Crippen LogP contribution in [0.5, 0.6) is 11.5 Å². The minimum absolute atomic E-state index is 0.0372. The third-order valence-corrected chi connectivity index (χ3v) is 4.05. The first-order valence-electron chi connectivity index (χ1n) is 8.90. The van der Waals surface area contributed by atoms with E-state index in [-0.39, 0.29) is 17.2 Å². The number of non-ortho nitro benzene ring substituents is 1. The van der Waals surface area contributed by atoms with Gasteiger partial charge in [-0.1, -0.05) is 26.2 Å². The summed E-state index contributed by atoms with van der Waals surface area (Å²) in [7, 11) is 1.77. The van der Waals surface area contributed by atoms with E-state index in [0.717, 1.165) is 36.7 Å². The van der Waals surface area contributed by atoms with Crippen LogP contribution in [0.2, 0.25) is 0 Å². The van der Waals surface area contributed by atoms with Gasteiger partial charge in [0, 0.05) is 42.7 Å². The van der Waals surface area contributed by atoms with Crippen molar-refractivity contribution in [1.29, 1.82) is 5.41 Å². The van der Waals surface area contributed by atoms with Crippen LogP contribution in [0.1, 0.15) is 43.7 Å². The molecule has 0 saturated heterocycles. The van der Waals surface area contributed by atoms with Crippen molar-refractivity contribution in [3.8, 4) is 11.5 Å². The molecule has 27 heavy (non-hydrogen) atoms. The molecule has 2 rings (SSSR count). The van der Waals surface area contributed by atoms with Crippen LogP contribution in [-0.4, -0.2) is 28.4 Å². The summed E-state index contributed by atoms with van der Waals surface area (Å²) in [5.74, 6) is 0.0874. The van der Waals surface area contributed by atoms with Gasteiger partial charge in [0.25, 0.3) is 5.69 Å². The highest BCUT2D eigenvalue weighted by Gasteiger charge is 2.06. The number of phenolic OH excluding ortho intramolecular Hbond substituents is 2. The first-order valence-corrected chi connectivity index (χ1v) is 8.90. The Labute approximate surface area is 159 Å². The van der Waals surface area contributed by atoms with E-state index in [4.69, 9.17) is 5.41 Å². The zero-order chi connectivity index (χ0) is 20.2. The number of hydrogen-bond acceptors (Lipinski definition) is 6. The van der Waals surface area contributed by atoms with Gasteiger partial charge >= 0.3 is 0 Å². The van der Waals surface area contributed by atoms with E-state index in [9.17, 15) is 20.3 Å². The zero-order valence-corrected chi connectivity index (χ0v) is 15.7. The van der Waals surface area contributed by atoms with Gasteiger partial charge in [0.05, 0.1) is 4.92 Å². The van der Waals surface area contributed by atoms with E-state index in [0.29, 0.717) is 5.56 Å². The molecule has 0 aromatic heterocycles. The fourth-order valence-electron chi connectivity index (χ4n) is 2.45. The molecule has 7 nitrogen and oxygen atoms in total. The monoisotopic (exact) mass is 373 g/mol. The smallest absolute Gasteiger partial charge is 0.269 e. The minimum atomic E-state index is -0.417. The summed E-state index contributed by atoms with van der Waals surface area (Å²) in [6.45, 7) is 2.16. The largest absolute Gasteiger partial charge is 0.508 e. The third-order valence-electron chi connectivity index (χ3n) is 4.05. The summed E-state index contributed by atoms with van der Waals surface area (Å²) in [4.78, 5) is 9.77. The van der Waals surface area contributed by atoms with E-state index in [1.807, 2.05) is 0 Å². The van der Waals surface area contributed by atoms with E-state index in [2.05, 4.69) is 12.2 Å². The van der Waals surface area contributed by atoms with E-state index >= 15 is 0 Å². The molecular formula is C20H27N3O4. The Bertz CT molecular complexity index is 746. The highest BCUT2D eigenvalue weighted by atomic mass is 16.6. The van der Waals surface area contributed by atoms with Gasteiger partial charge in [-0.05, 0) is 36.6 Å². The zero-order valence-electron chi connectivity index (χ0n) is 15.7. The van der Waals surface area contributed by atoms with Crippen LogP contribution in [0.3, 0.4) is 0 Å². The highest BCUT2D eigenvalue weighted by molar-refractivity contribution is 5.82. The molecule has 0 spiro atoms. The first kappa shape index (κ1) is 22.0. The number of nitrogens with one attached hydrogen (secondary N) is 2. The molecule has 2 aromatic carbocycles. The average molecular weight is 373 g/mol. The molecule has 146 valence electrons. The van der Waals surface area contributed by atoms with Gasteiger partial charge in [0.2, 0.25) is 0 Å². The van der Waals surface area contributed by atoms with E-state index in [1.165, 1.54) is 31.0 Å². The van der Waals surface area contributed by atoms with Crippen molar-refractivity contribution in [3.63, 3.8) is 0 Å². The van der Waals surface area contributed by atoms with Gasteiger partial charge < -0.3 is 20.9 Å². The molecular weight excluding hydrogens is 346 g/mol. The van der Waals surface area contributed by atoms with Crippen molar-refractivity contribution in [3.05, 3.63) is 57.6 Å². The lowest BCUT2D eigenvalue weighted by molar-refractivity contribution is -0.384. The molecule has 0 radical (unpaired) electrons. The van der Waals surface area contributed by atoms with Gasteiger partial charge in [-0.2, -0.15) is 0 Å². The summed E-state index contributed by atoms with van der Waals surface area (Å²) >= 11 is 0. The first-order chi connectivity index (χ1) is 12.9. The van der Waals surface area contributed by atoms with Gasteiger partial charge in [-0.25, -0.2) is 0 Å². The number of benzene rings is 2. The number of rotatable bonds is 8. The van der Waals surface area contributed by atoms with Crippen molar-refractivity contribution in [2.24, 2.45) is 0 Å². The summed E-state index contributed by atoms with van der Waals surface area (Å²) in [5.41, 5.74) is 2.26. The van der Waals surface area contributed by atoms with Crippen LogP contribution >= 0.6 is 0 Å². The van der Waals surface area contributed by atoms with Crippen molar-refractivity contribution in [2.45, 2.75) is 39.0 Å². The van der Waals surface area contributed by atoms with E-state index < -0.39 is 4.92 Å². The Balaban J connectivity index is 0.000000289. The van der Waals surface area contributed by atoms with Crippen molar-refractivity contribution in [1.82, 2.24) is 0 Å². The molecule has 0 heterocycles. The fourth-order valence-corrected chi connectivity index (χ4v) is 2.45. The third kappa shape index (κ3) is 7.35. The topological polar surface area (TPSA) is 119 Å². The van der Waals surface area contributed by atoms with Gasteiger partial charge in [-0.15, -0.1) is 0 Å². The lowest BCUT2D eigenvalue weighted by atomic mass is 10.0. The van der Waals surface area contributed by atoms with Crippen LogP contribution in [0, 0.1) is 15.5 Å². The lowest BCUT2D eigenvalue weighted by Gasteiger charge is -2.07. The number of unbranched alkanes of at least 4 members (excludes halogenated alkanes) is 3. The summed E-state index contributed by atoms with van der Waals surface area (Å²) in [5, 5.41) is 39.2. The Kier molecular flexibility index (Phi) is 9.36. The molecule has 0 amide bonds. The number of nitro groups is 1. The van der Waals surface area contributed by atoms with Crippen molar-refractivity contribution < 1.29 is 15.1 Å². The number of anilines is 1. The number of phenols is 2. The molecule has 0 bridgehead atoms.